The van der Waals surface area contributed by atoms with Gasteiger partial charge in [-0.05, 0) is 25.7 Å². The fourth-order valence-corrected chi connectivity index (χ4v) is 1.55. The molecule has 1 aliphatic rings. The fourth-order valence-electron chi connectivity index (χ4n) is 1.55. The summed E-state index contributed by atoms with van der Waals surface area (Å²) in [4.78, 5) is 0. The zero-order chi connectivity index (χ0) is 10.2. The van der Waals surface area contributed by atoms with Crippen LogP contribution in [0.5, 0.6) is 0 Å². The molecule has 3 heteroatoms. The molecule has 0 aromatic heterocycles. The van der Waals surface area contributed by atoms with Crippen molar-refractivity contribution < 1.29 is 14.2 Å². The average molecular weight is 202 g/mol. The Kier molecular flexibility index (Phi) is 6.15. The SMILES string of the molecule is CCCOC(OCCC)C1CCCO1. The molecule has 0 bridgehead atoms. The number of hydrogen-bond acceptors (Lipinski definition) is 3. The molecule has 1 rings (SSSR count). The van der Waals surface area contributed by atoms with Gasteiger partial charge >= 0.3 is 0 Å². The van der Waals surface area contributed by atoms with Gasteiger partial charge in [-0.3, -0.25) is 0 Å². The third kappa shape index (κ3) is 3.95. The molecule has 1 atom stereocenters. The number of ether oxygens (including phenoxy) is 3. The highest BCUT2D eigenvalue weighted by Crippen LogP contribution is 2.19. The van der Waals surface area contributed by atoms with Crippen LogP contribution in [0.1, 0.15) is 39.5 Å². The first-order chi connectivity index (χ1) is 6.88. The van der Waals surface area contributed by atoms with Gasteiger partial charge in [0, 0.05) is 19.8 Å². The van der Waals surface area contributed by atoms with E-state index in [0.717, 1.165) is 45.5 Å². The van der Waals surface area contributed by atoms with Crippen molar-refractivity contribution in [1.82, 2.24) is 0 Å². The van der Waals surface area contributed by atoms with Crippen molar-refractivity contribution in [3.05, 3.63) is 0 Å². The van der Waals surface area contributed by atoms with E-state index in [1.165, 1.54) is 0 Å². The van der Waals surface area contributed by atoms with Gasteiger partial charge in [0.1, 0.15) is 6.10 Å². The highest BCUT2D eigenvalue weighted by Gasteiger charge is 2.26. The van der Waals surface area contributed by atoms with E-state index in [0.29, 0.717) is 0 Å². The normalized spacial score (nSPS) is 22.1. The molecule has 0 radical (unpaired) electrons. The zero-order valence-electron chi connectivity index (χ0n) is 9.33. The van der Waals surface area contributed by atoms with Crippen LogP contribution in [-0.4, -0.2) is 32.2 Å². The lowest BCUT2D eigenvalue weighted by Crippen LogP contribution is -2.32. The van der Waals surface area contributed by atoms with E-state index in [2.05, 4.69) is 13.8 Å². The third-order valence-corrected chi connectivity index (χ3v) is 2.24. The average Bonchev–Trinajstić information content (AvgIpc) is 2.71. The highest BCUT2D eigenvalue weighted by molar-refractivity contribution is 4.68. The van der Waals surface area contributed by atoms with E-state index in [1.54, 1.807) is 0 Å². The molecular formula is C11H22O3. The van der Waals surface area contributed by atoms with Crippen LogP contribution in [0.3, 0.4) is 0 Å². The molecule has 1 fully saturated rings. The van der Waals surface area contributed by atoms with Crippen LogP contribution in [0.15, 0.2) is 0 Å². The molecule has 0 aromatic carbocycles. The molecule has 1 heterocycles. The molecule has 14 heavy (non-hydrogen) atoms. The van der Waals surface area contributed by atoms with Crippen molar-refractivity contribution in [3.63, 3.8) is 0 Å². The van der Waals surface area contributed by atoms with Crippen molar-refractivity contribution in [3.8, 4) is 0 Å². The monoisotopic (exact) mass is 202 g/mol. The fraction of sp³-hybridized carbons (Fsp3) is 1.00. The number of rotatable bonds is 7. The first-order valence-electron chi connectivity index (χ1n) is 5.73. The number of hydrogen-bond donors (Lipinski definition) is 0. The molecule has 0 aromatic rings. The van der Waals surface area contributed by atoms with Crippen molar-refractivity contribution in [2.75, 3.05) is 19.8 Å². The van der Waals surface area contributed by atoms with Crippen molar-refractivity contribution in [2.24, 2.45) is 0 Å². The standard InChI is InChI=1S/C11H22O3/c1-3-7-13-11(14-8-4-2)10-6-5-9-12-10/h10-11H,3-9H2,1-2H3. The lowest BCUT2D eigenvalue weighted by atomic mass is 10.2. The minimum atomic E-state index is -0.141. The molecule has 1 aliphatic heterocycles. The van der Waals surface area contributed by atoms with Crippen LogP contribution in [0, 0.1) is 0 Å². The second-order valence-corrected chi connectivity index (χ2v) is 3.66. The summed E-state index contributed by atoms with van der Waals surface area (Å²) in [6.45, 7) is 6.58. The summed E-state index contributed by atoms with van der Waals surface area (Å²) in [5.74, 6) is 0. The summed E-state index contributed by atoms with van der Waals surface area (Å²) in [6.07, 6.45) is 4.27. The Morgan fingerprint density at radius 1 is 1.21 bits per heavy atom. The first-order valence-corrected chi connectivity index (χ1v) is 5.73. The molecule has 84 valence electrons. The molecule has 3 nitrogen and oxygen atoms in total. The van der Waals surface area contributed by atoms with Crippen LogP contribution in [0.2, 0.25) is 0 Å². The van der Waals surface area contributed by atoms with Gasteiger partial charge in [0.25, 0.3) is 0 Å². The van der Waals surface area contributed by atoms with Crippen LogP contribution in [-0.2, 0) is 14.2 Å². The molecule has 0 saturated carbocycles. The summed E-state index contributed by atoms with van der Waals surface area (Å²) in [6, 6.07) is 0. The van der Waals surface area contributed by atoms with E-state index < -0.39 is 0 Å². The molecule has 0 spiro atoms. The Hall–Kier alpha value is -0.120. The van der Waals surface area contributed by atoms with Crippen molar-refractivity contribution in [1.29, 1.82) is 0 Å². The van der Waals surface area contributed by atoms with Gasteiger partial charge in [-0.1, -0.05) is 13.8 Å². The minimum Gasteiger partial charge on any atom is -0.373 e. The largest absolute Gasteiger partial charge is 0.373 e. The summed E-state index contributed by atoms with van der Waals surface area (Å²) in [7, 11) is 0. The van der Waals surface area contributed by atoms with Crippen LogP contribution in [0.4, 0.5) is 0 Å². The van der Waals surface area contributed by atoms with Crippen LogP contribution in [0.25, 0.3) is 0 Å². The predicted molar refractivity (Wildman–Crippen MR) is 55.2 cm³/mol. The van der Waals surface area contributed by atoms with Gasteiger partial charge in [0.05, 0.1) is 0 Å². The second-order valence-electron chi connectivity index (χ2n) is 3.66. The Labute approximate surface area is 86.7 Å². The third-order valence-electron chi connectivity index (χ3n) is 2.24. The van der Waals surface area contributed by atoms with Gasteiger partial charge in [0.15, 0.2) is 6.29 Å². The Bertz CT molecular complexity index is 124. The van der Waals surface area contributed by atoms with E-state index in [-0.39, 0.29) is 12.4 Å². The minimum absolute atomic E-state index is 0.141. The van der Waals surface area contributed by atoms with Crippen LogP contribution < -0.4 is 0 Å². The lowest BCUT2D eigenvalue weighted by Gasteiger charge is -2.23. The van der Waals surface area contributed by atoms with Gasteiger partial charge in [-0.2, -0.15) is 0 Å². The highest BCUT2D eigenvalue weighted by atomic mass is 16.7. The lowest BCUT2D eigenvalue weighted by molar-refractivity contribution is -0.196. The van der Waals surface area contributed by atoms with E-state index >= 15 is 0 Å². The van der Waals surface area contributed by atoms with E-state index in [4.69, 9.17) is 14.2 Å². The first kappa shape index (κ1) is 12.0. The summed E-state index contributed by atoms with van der Waals surface area (Å²) < 4.78 is 16.8. The maximum atomic E-state index is 5.63. The Balaban J connectivity index is 2.26. The van der Waals surface area contributed by atoms with Gasteiger partial charge in [0.2, 0.25) is 0 Å². The maximum absolute atomic E-state index is 5.63. The molecule has 0 amide bonds. The molecule has 1 saturated heterocycles. The summed E-state index contributed by atoms with van der Waals surface area (Å²) >= 11 is 0. The molecule has 0 aliphatic carbocycles. The van der Waals surface area contributed by atoms with Gasteiger partial charge in [-0.15, -0.1) is 0 Å². The topological polar surface area (TPSA) is 27.7 Å². The quantitative estimate of drug-likeness (QED) is 0.593. The zero-order valence-corrected chi connectivity index (χ0v) is 9.33. The summed E-state index contributed by atoms with van der Waals surface area (Å²) in [5.41, 5.74) is 0. The Morgan fingerprint density at radius 2 is 1.86 bits per heavy atom. The van der Waals surface area contributed by atoms with Crippen LogP contribution >= 0.6 is 0 Å². The molecule has 1 unspecified atom stereocenters. The maximum Gasteiger partial charge on any atom is 0.183 e. The summed E-state index contributed by atoms with van der Waals surface area (Å²) in [5, 5.41) is 0. The Morgan fingerprint density at radius 3 is 2.29 bits per heavy atom. The van der Waals surface area contributed by atoms with Crippen molar-refractivity contribution >= 4 is 0 Å². The van der Waals surface area contributed by atoms with Gasteiger partial charge in [-0.25, -0.2) is 0 Å². The molecular weight excluding hydrogens is 180 g/mol. The smallest absolute Gasteiger partial charge is 0.183 e. The van der Waals surface area contributed by atoms with E-state index in [9.17, 15) is 0 Å². The predicted octanol–water partition coefficient (Wildman–Crippen LogP) is 2.34. The molecule has 0 N–H and O–H groups in total. The van der Waals surface area contributed by atoms with Gasteiger partial charge < -0.3 is 14.2 Å². The van der Waals surface area contributed by atoms with E-state index in [1.807, 2.05) is 0 Å². The van der Waals surface area contributed by atoms with Crippen molar-refractivity contribution in [2.45, 2.75) is 51.9 Å². The second kappa shape index (κ2) is 7.21.